The third kappa shape index (κ3) is 4.18. The summed E-state index contributed by atoms with van der Waals surface area (Å²) in [5, 5.41) is 1.40. The van der Waals surface area contributed by atoms with Crippen LogP contribution in [0, 0.1) is 0 Å². The highest BCUT2D eigenvalue weighted by Gasteiger charge is 2.23. The lowest BCUT2D eigenvalue weighted by Crippen LogP contribution is -2.25. The summed E-state index contributed by atoms with van der Waals surface area (Å²) in [7, 11) is 0. The van der Waals surface area contributed by atoms with E-state index in [1.807, 2.05) is 11.8 Å². The van der Waals surface area contributed by atoms with E-state index in [2.05, 4.69) is 82.3 Å². The largest absolute Gasteiger partial charge is 0.492 e. The minimum atomic E-state index is 0.767. The van der Waals surface area contributed by atoms with Crippen molar-refractivity contribution in [3.63, 3.8) is 0 Å². The van der Waals surface area contributed by atoms with E-state index in [1.54, 1.807) is 0 Å². The molecule has 1 aromatic heterocycles. The van der Waals surface area contributed by atoms with Gasteiger partial charge in [-0.2, -0.15) is 0 Å². The van der Waals surface area contributed by atoms with Crippen LogP contribution in [0.3, 0.4) is 0 Å². The van der Waals surface area contributed by atoms with Crippen LogP contribution < -0.4 is 4.74 Å². The van der Waals surface area contributed by atoms with E-state index in [4.69, 9.17) is 4.74 Å². The van der Waals surface area contributed by atoms with E-state index >= 15 is 0 Å². The monoisotopic (exact) mass is 454 g/mol. The highest BCUT2D eigenvalue weighted by Crippen LogP contribution is 2.42. The normalized spacial score (nSPS) is 15.9. The molecular weight excluding hydrogens is 424 g/mol. The maximum absolute atomic E-state index is 6.03. The molecule has 0 N–H and O–H groups in total. The number of para-hydroxylation sites is 1. The Morgan fingerprint density at radius 2 is 1.64 bits per heavy atom. The van der Waals surface area contributed by atoms with E-state index in [-0.39, 0.29) is 0 Å². The van der Waals surface area contributed by atoms with Gasteiger partial charge < -0.3 is 9.30 Å². The first-order valence-electron chi connectivity index (χ1n) is 12.1. The van der Waals surface area contributed by atoms with E-state index in [0.717, 1.165) is 37.6 Å². The summed E-state index contributed by atoms with van der Waals surface area (Å²) < 4.78 is 8.56. The average Bonchev–Trinajstić information content (AvgIpc) is 3.42. The Kier molecular flexibility index (Phi) is 5.87. The number of benzene rings is 3. The summed E-state index contributed by atoms with van der Waals surface area (Å²) in [5.41, 5.74) is 6.88. The Morgan fingerprint density at radius 1 is 0.848 bits per heavy atom. The Hall–Kier alpha value is -2.69. The lowest BCUT2D eigenvalue weighted by atomic mass is 10.0. The Labute approximate surface area is 200 Å². The number of thioether (sulfide) groups is 1. The first-order valence-corrected chi connectivity index (χ1v) is 13.1. The van der Waals surface area contributed by atoms with Gasteiger partial charge in [-0.25, -0.2) is 0 Å². The van der Waals surface area contributed by atoms with E-state index in [9.17, 15) is 0 Å². The number of nitrogens with zero attached hydrogens (tertiary/aromatic N) is 2. The molecule has 1 fully saturated rings. The number of likely N-dealkylation sites (tertiary alicyclic amines) is 1. The zero-order valence-corrected chi connectivity index (χ0v) is 19.8. The van der Waals surface area contributed by atoms with Gasteiger partial charge in [0.05, 0.1) is 5.69 Å². The molecule has 0 spiro atoms. The van der Waals surface area contributed by atoms with Crippen molar-refractivity contribution in [1.82, 2.24) is 9.47 Å². The number of aryl methyl sites for hydroxylation is 1. The van der Waals surface area contributed by atoms with Gasteiger partial charge in [-0.15, -0.1) is 11.8 Å². The standard InChI is InChI=1S/C29H30N2OS/c1-3-9-27-24(7-1)25-15-20-33-28-10-4-2-8-26(28)29(25)31(27)21-22-11-13-23(14-12-22)32-19-18-30-16-5-6-17-30/h1-4,7-14H,5-6,15-21H2. The van der Waals surface area contributed by atoms with Gasteiger partial charge in [-0.3, -0.25) is 4.90 Å². The lowest BCUT2D eigenvalue weighted by Gasteiger charge is -2.16. The minimum absolute atomic E-state index is 0.767. The fraction of sp³-hybridized carbons (Fsp3) is 0.310. The Bertz CT molecular complexity index is 1250. The van der Waals surface area contributed by atoms with Gasteiger partial charge in [-0.05, 0) is 67.7 Å². The van der Waals surface area contributed by atoms with Crippen LogP contribution in [0.25, 0.3) is 22.2 Å². The topological polar surface area (TPSA) is 17.4 Å². The van der Waals surface area contributed by atoms with E-state index < -0.39 is 0 Å². The molecule has 0 bridgehead atoms. The highest BCUT2D eigenvalue weighted by molar-refractivity contribution is 7.99. The number of fused-ring (bicyclic) bond motifs is 5. The highest BCUT2D eigenvalue weighted by atomic mass is 32.2. The summed E-state index contributed by atoms with van der Waals surface area (Å²) in [4.78, 5) is 3.88. The van der Waals surface area contributed by atoms with Gasteiger partial charge in [0.2, 0.25) is 0 Å². The molecule has 4 heteroatoms. The molecular formula is C29H30N2OS. The summed E-state index contributed by atoms with van der Waals surface area (Å²) in [6.45, 7) is 5.10. The summed E-state index contributed by atoms with van der Waals surface area (Å²) in [6.07, 6.45) is 3.76. The zero-order valence-electron chi connectivity index (χ0n) is 19.0. The summed E-state index contributed by atoms with van der Waals surface area (Å²) in [5.74, 6) is 2.09. The van der Waals surface area contributed by atoms with Crippen LogP contribution in [0.5, 0.6) is 5.75 Å². The fourth-order valence-corrected chi connectivity index (χ4v) is 6.35. The van der Waals surface area contributed by atoms with Gasteiger partial charge in [0, 0.05) is 40.2 Å². The second kappa shape index (κ2) is 9.28. The minimum Gasteiger partial charge on any atom is -0.492 e. The molecule has 0 radical (unpaired) electrons. The fourth-order valence-electron chi connectivity index (χ4n) is 5.32. The molecule has 0 atom stereocenters. The van der Waals surface area contributed by atoms with Crippen molar-refractivity contribution in [2.45, 2.75) is 30.7 Å². The Balaban J connectivity index is 1.29. The quantitative estimate of drug-likeness (QED) is 0.332. The van der Waals surface area contributed by atoms with Crippen molar-refractivity contribution in [3.05, 3.63) is 83.9 Å². The van der Waals surface area contributed by atoms with Gasteiger partial charge in [0.15, 0.2) is 0 Å². The third-order valence-corrected chi connectivity index (χ3v) is 8.04. The molecule has 1 saturated heterocycles. The van der Waals surface area contributed by atoms with Gasteiger partial charge in [-0.1, -0.05) is 48.5 Å². The molecule has 0 amide bonds. The molecule has 33 heavy (non-hydrogen) atoms. The van der Waals surface area contributed by atoms with Crippen molar-refractivity contribution in [2.75, 3.05) is 32.0 Å². The van der Waals surface area contributed by atoms with E-state index in [0.29, 0.717) is 0 Å². The zero-order chi connectivity index (χ0) is 22.0. The summed E-state index contributed by atoms with van der Waals surface area (Å²) >= 11 is 1.98. The molecule has 2 aliphatic heterocycles. The predicted octanol–water partition coefficient (Wildman–Crippen LogP) is 6.48. The molecule has 2 aliphatic rings. The van der Waals surface area contributed by atoms with Crippen LogP contribution in [-0.4, -0.2) is 41.5 Å². The van der Waals surface area contributed by atoms with Crippen molar-refractivity contribution in [2.24, 2.45) is 0 Å². The van der Waals surface area contributed by atoms with Crippen molar-refractivity contribution < 1.29 is 4.74 Å². The maximum Gasteiger partial charge on any atom is 0.119 e. The van der Waals surface area contributed by atoms with Crippen LogP contribution >= 0.6 is 11.8 Å². The van der Waals surface area contributed by atoms with Crippen LogP contribution in [0.4, 0.5) is 0 Å². The summed E-state index contributed by atoms with van der Waals surface area (Å²) in [6, 6.07) is 26.5. The molecule has 3 aromatic carbocycles. The van der Waals surface area contributed by atoms with Crippen molar-refractivity contribution in [1.29, 1.82) is 0 Å². The molecule has 0 saturated carbocycles. The number of aromatic nitrogens is 1. The van der Waals surface area contributed by atoms with Gasteiger partial charge >= 0.3 is 0 Å². The molecule has 3 heterocycles. The first kappa shape index (κ1) is 20.9. The number of hydrogen-bond acceptors (Lipinski definition) is 3. The van der Waals surface area contributed by atoms with Gasteiger partial charge in [0.25, 0.3) is 0 Å². The third-order valence-electron chi connectivity index (χ3n) is 6.97. The number of hydrogen-bond donors (Lipinski definition) is 0. The Morgan fingerprint density at radius 3 is 2.52 bits per heavy atom. The van der Waals surface area contributed by atoms with Crippen LogP contribution in [-0.2, 0) is 13.0 Å². The second-order valence-electron chi connectivity index (χ2n) is 9.07. The molecule has 168 valence electrons. The molecule has 6 rings (SSSR count). The molecule has 0 unspecified atom stereocenters. The number of rotatable bonds is 6. The number of ether oxygens (including phenoxy) is 1. The smallest absolute Gasteiger partial charge is 0.119 e. The molecule has 4 aromatic rings. The lowest BCUT2D eigenvalue weighted by molar-refractivity contribution is 0.238. The molecule has 0 aliphatic carbocycles. The first-order chi connectivity index (χ1) is 16.4. The second-order valence-corrected chi connectivity index (χ2v) is 10.2. The predicted molar refractivity (Wildman–Crippen MR) is 139 cm³/mol. The molecule has 3 nitrogen and oxygen atoms in total. The van der Waals surface area contributed by atoms with Crippen LogP contribution in [0.2, 0.25) is 0 Å². The van der Waals surface area contributed by atoms with E-state index in [1.165, 1.54) is 64.1 Å². The average molecular weight is 455 g/mol. The van der Waals surface area contributed by atoms with Gasteiger partial charge in [0.1, 0.15) is 12.4 Å². The van der Waals surface area contributed by atoms with Crippen LogP contribution in [0.15, 0.2) is 77.7 Å². The van der Waals surface area contributed by atoms with Crippen molar-refractivity contribution >= 4 is 22.7 Å². The van der Waals surface area contributed by atoms with Crippen molar-refractivity contribution in [3.8, 4) is 17.0 Å². The SMILES string of the molecule is c1ccc2c(c1)SCCc1c-2n(Cc2ccc(OCCN3CCCC3)cc2)c2ccccc12. The van der Waals surface area contributed by atoms with Crippen LogP contribution in [0.1, 0.15) is 24.0 Å². The maximum atomic E-state index is 6.03.